The van der Waals surface area contributed by atoms with E-state index in [4.69, 9.17) is 4.74 Å². The quantitative estimate of drug-likeness (QED) is 0.842. The fourth-order valence-electron chi connectivity index (χ4n) is 3.26. The maximum Gasteiger partial charge on any atom is 0.154 e. The standard InChI is InChI=1S/C15H22N2O4S/c1-21-13-4-2-12(3-5-13)16-6-8-17(9-7-16)14-10-22(19,20)11-15(14)18/h2-5,14-15,18H,6-11H2,1H3/t14-,15-/m0/s1. The number of benzene rings is 1. The molecule has 2 heterocycles. The largest absolute Gasteiger partial charge is 0.497 e. The number of nitrogens with zero attached hydrogens (tertiary/aromatic N) is 2. The van der Waals surface area contributed by atoms with E-state index in [9.17, 15) is 13.5 Å². The highest BCUT2D eigenvalue weighted by Crippen LogP contribution is 2.23. The minimum absolute atomic E-state index is 0.0801. The van der Waals surface area contributed by atoms with Crippen LogP contribution in [0, 0.1) is 0 Å². The summed E-state index contributed by atoms with van der Waals surface area (Å²) in [5.74, 6) is 0.814. The smallest absolute Gasteiger partial charge is 0.154 e. The Morgan fingerprint density at radius 2 is 1.73 bits per heavy atom. The lowest BCUT2D eigenvalue weighted by atomic mass is 10.1. The zero-order chi connectivity index (χ0) is 15.7. The predicted molar refractivity (Wildman–Crippen MR) is 85.2 cm³/mol. The molecule has 0 bridgehead atoms. The normalized spacial score (nSPS) is 28.7. The summed E-state index contributed by atoms with van der Waals surface area (Å²) in [4.78, 5) is 4.38. The van der Waals surface area contributed by atoms with Gasteiger partial charge in [0.2, 0.25) is 0 Å². The SMILES string of the molecule is COc1ccc(N2CCN([C@H]3CS(=O)(=O)C[C@@H]3O)CC2)cc1. The molecule has 1 aromatic rings. The molecule has 1 aromatic carbocycles. The molecule has 7 heteroatoms. The Balaban J connectivity index is 1.60. The lowest BCUT2D eigenvalue weighted by molar-refractivity contribution is 0.0793. The van der Waals surface area contributed by atoms with Crippen LogP contribution in [0.4, 0.5) is 5.69 Å². The van der Waals surface area contributed by atoms with Crippen molar-refractivity contribution < 1.29 is 18.3 Å². The molecule has 0 unspecified atom stereocenters. The molecule has 2 saturated heterocycles. The summed E-state index contributed by atoms with van der Waals surface area (Å²) in [7, 11) is -1.44. The molecular formula is C15H22N2O4S. The number of sulfone groups is 1. The topological polar surface area (TPSA) is 70.1 Å². The zero-order valence-corrected chi connectivity index (χ0v) is 13.5. The molecule has 0 aromatic heterocycles. The van der Waals surface area contributed by atoms with Crippen LogP contribution >= 0.6 is 0 Å². The zero-order valence-electron chi connectivity index (χ0n) is 12.7. The number of piperazine rings is 1. The first-order chi connectivity index (χ1) is 10.5. The van der Waals surface area contributed by atoms with E-state index in [2.05, 4.69) is 9.80 Å². The average molecular weight is 326 g/mol. The Morgan fingerprint density at radius 1 is 1.09 bits per heavy atom. The number of aliphatic hydroxyl groups excluding tert-OH is 1. The first-order valence-electron chi connectivity index (χ1n) is 7.50. The van der Waals surface area contributed by atoms with E-state index in [1.54, 1.807) is 7.11 Å². The Bertz CT molecular complexity index is 609. The van der Waals surface area contributed by atoms with Gasteiger partial charge in [0.05, 0.1) is 30.8 Å². The fraction of sp³-hybridized carbons (Fsp3) is 0.600. The number of hydrogen-bond donors (Lipinski definition) is 1. The third-order valence-electron chi connectivity index (χ3n) is 4.51. The molecule has 2 aliphatic rings. The van der Waals surface area contributed by atoms with Crippen LogP contribution in [0.2, 0.25) is 0 Å². The van der Waals surface area contributed by atoms with E-state index in [0.717, 1.165) is 37.6 Å². The van der Waals surface area contributed by atoms with Crippen molar-refractivity contribution in [2.75, 3.05) is 49.7 Å². The lowest BCUT2D eigenvalue weighted by Crippen LogP contribution is -2.53. The summed E-state index contributed by atoms with van der Waals surface area (Å²) >= 11 is 0. The van der Waals surface area contributed by atoms with Crippen LogP contribution < -0.4 is 9.64 Å². The Labute approximate surface area is 131 Å². The summed E-state index contributed by atoms with van der Waals surface area (Å²) in [6.07, 6.45) is -0.752. The van der Waals surface area contributed by atoms with Crippen LogP contribution in [-0.2, 0) is 9.84 Å². The van der Waals surface area contributed by atoms with Gasteiger partial charge in [-0.2, -0.15) is 0 Å². The van der Waals surface area contributed by atoms with E-state index in [0.29, 0.717) is 0 Å². The Hall–Kier alpha value is -1.31. The van der Waals surface area contributed by atoms with E-state index in [1.165, 1.54) is 0 Å². The maximum absolute atomic E-state index is 11.6. The van der Waals surface area contributed by atoms with Gasteiger partial charge in [0.15, 0.2) is 9.84 Å². The molecule has 6 nitrogen and oxygen atoms in total. The number of rotatable bonds is 3. The molecule has 0 saturated carbocycles. The van der Waals surface area contributed by atoms with Crippen LogP contribution in [0.25, 0.3) is 0 Å². The van der Waals surface area contributed by atoms with Crippen LogP contribution in [0.3, 0.4) is 0 Å². The van der Waals surface area contributed by atoms with Gasteiger partial charge < -0.3 is 14.7 Å². The third-order valence-corrected chi connectivity index (χ3v) is 6.21. The van der Waals surface area contributed by atoms with Gasteiger partial charge in [-0.05, 0) is 24.3 Å². The van der Waals surface area contributed by atoms with Gasteiger partial charge >= 0.3 is 0 Å². The van der Waals surface area contributed by atoms with Gasteiger partial charge in [-0.25, -0.2) is 8.42 Å². The minimum atomic E-state index is -3.09. The number of methoxy groups -OCH3 is 1. The van der Waals surface area contributed by atoms with Gasteiger partial charge in [0.1, 0.15) is 5.75 Å². The van der Waals surface area contributed by atoms with Crippen molar-refractivity contribution in [3.05, 3.63) is 24.3 Å². The van der Waals surface area contributed by atoms with Gasteiger partial charge in [0.25, 0.3) is 0 Å². The third kappa shape index (κ3) is 3.21. The summed E-state index contributed by atoms with van der Waals surface area (Å²) in [6.45, 7) is 3.19. The maximum atomic E-state index is 11.6. The van der Waals surface area contributed by atoms with E-state index < -0.39 is 15.9 Å². The number of aliphatic hydroxyl groups is 1. The van der Waals surface area contributed by atoms with Crippen molar-refractivity contribution in [3.8, 4) is 5.75 Å². The van der Waals surface area contributed by atoms with Crippen molar-refractivity contribution >= 4 is 15.5 Å². The van der Waals surface area contributed by atoms with Crippen molar-refractivity contribution in [1.82, 2.24) is 4.90 Å². The molecule has 3 rings (SSSR count). The molecule has 22 heavy (non-hydrogen) atoms. The second-order valence-corrected chi connectivity index (χ2v) is 8.09. The van der Waals surface area contributed by atoms with E-state index in [1.807, 2.05) is 24.3 Å². The number of ether oxygens (including phenoxy) is 1. The van der Waals surface area contributed by atoms with Gasteiger partial charge in [-0.15, -0.1) is 0 Å². The Kier molecular flexibility index (Phi) is 4.29. The number of anilines is 1. The number of hydrogen-bond acceptors (Lipinski definition) is 6. The molecular weight excluding hydrogens is 304 g/mol. The van der Waals surface area contributed by atoms with E-state index >= 15 is 0 Å². The minimum Gasteiger partial charge on any atom is -0.497 e. The first-order valence-corrected chi connectivity index (χ1v) is 9.32. The van der Waals surface area contributed by atoms with Crippen LogP contribution in [0.15, 0.2) is 24.3 Å². The average Bonchev–Trinajstić information content (AvgIpc) is 2.80. The van der Waals surface area contributed by atoms with Crippen LogP contribution in [0.1, 0.15) is 0 Å². The van der Waals surface area contributed by atoms with Gasteiger partial charge in [0, 0.05) is 31.9 Å². The predicted octanol–water partition coefficient (Wildman–Crippen LogP) is -0.0249. The molecule has 2 aliphatic heterocycles. The highest BCUT2D eigenvalue weighted by Gasteiger charge is 2.40. The molecule has 0 aliphatic carbocycles. The van der Waals surface area contributed by atoms with Crippen LogP contribution in [-0.4, -0.2) is 75.4 Å². The van der Waals surface area contributed by atoms with Crippen molar-refractivity contribution in [2.24, 2.45) is 0 Å². The van der Waals surface area contributed by atoms with Crippen LogP contribution in [0.5, 0.6) is 5.75 Å². The van der Waals surface area contributed by atoms with E-state index in [-0.39, 0.29) is 17.5 Å². The monoisotopic (exact) mass is 326 g/mol. The second kappa shape index (κ2) is 6.06. The highest BCUT2D eigenvalue weighted by molar-refractivity contribution is 7.91. The highest BCUT2D eigenvalue weighted by atomic mass is 32.2. The molecule has 0 radical (unpaired) electrons. The molecule has 1 N–H and O–H groups in total. The fourth-order valence-corrected chi connectivity index (χ4v) is 5.10. The summed E-state index contributed by atoms with van der Waals surface area (Å²) in [5, 5.41) is 9.97. The molecule has 122 valence electrons. The molecule has 2 atom stereocenters. The Morgan fingerprint density at radius 3 is 2.23 bits per heavy atom. The lowest BCUT2D eigenvalue weighted by Gasteiger charge is -2.39. The summed E-state index contributed by atoms with van der Waals surface area (Å²) < 4.78 is 28.4. The van der Waals surface area contributed by atoms with Crippen molar-refractivity contribution in [2.45, 2.75) is 12.1 Å². The summed E-state index contributed by atoms with van der Waals surface area (Å²) in [5.41, 5.74) is 1.14. The van der Waals surface area contributed by atoms with Crippen molar-refractivity contribution in [3.63, 3.8) is 0 Å². The molecule has 0 spiro atoms. The first kappa shape index (κ1) is 15.6. The van der Waals surface area contributed by atoms with Gasteiger partial charge in [-0.3, -0.25) is 4.90 Å². The van der Waals surface area contributed by atoms with Gasteiger partial charge in [-0.1, -0.05) is 0 Å². The summed E-state index contributed by atoms with van der Waals surface area (Å²) in [6, 6.07) is 7.69. The van der Waals surface area contributed by atoms with Crippen molar-refractivity contribution in [1.29, 1.82) is 0 Å². The second-order valence-electron chi connectivity index (χ2n) is 5.93. The molecule has 0 amide bonds. The molecule has 2 fully saturated rings.